The molecule has 3 aliphatic heterocycles. The van der Waals surface area contributed by atoms with Gasteiger partial charge in [0.05, 0.1) is 12.3 Å². The Hall–Kier alpha value is -3.55. The van der Waals surface area contributed by atoms with Crippen molar-refractivity contribution in [2.45, 2.75) is 31.1 Å². The number of nitrogens with zero attached hydrogens (tertiary/aromatic N) is 5. The van der Waals surface area contributed by atoms with Gasteiger partial charge < -0.3 is 30.7 Å². The molecule has 39 heavy (non-hydrogen) atoms. The highest BCUT2D eigenvalue weighted by molar-refractivity contribution is 6.33. The van der Waals surface area contributed by atoms with E-state index in [1.54, 1.807) is 24.9 Å². The number of ether oxygens (including phenoxy) is 2. The summed E-state index contributed by atoms with van der Waals surface area (Å²) in [5.74, 6) is 0.333. The lowest BCUT2D eigenvalue weighted by molar-refractivity contribution is -0.141. The molecule has 0 saturated carbocycles. The summed E-state index contributed by atoms with van der Waals surface area (Å²) >= 11 is 12.9. The van der Waals surface area contributed by atoms with Crippen molar-refractivity contribution >= 4 is 40.6 Å². The Bertz CT molecular complexity index is 1420. The number of dihydropyridines is 1. The predicted octanol–water partition coefficient (Wildman–Crippen LogP) is 4.35. The number of halogens is 5. The van der Waals surface area contributed by atoms with Gasteiger partial charge in [0.15, 0.2) is 22.3 Å². The summed E-state index contributed by atoms with van der Waals surface area (Å²) in [4.78, 5) is 18.3. The van der Waals surface area contributed by atoms with E-state index in [0.717, 1.165) is 6.07 Å². The van der Waals surface area contributed by atoms with Crippen molar-refractivity contribution < 1.29 is 22.6 Å². The highest BCUT2D eigenvalue weighted by Gasteiger charge is 2.44. The second-order valence-electron chi connectivity index (χ2n) is 9.06. The number of aromatic nitrogens is 3. The Kier molecular flexibility index (Phi) is 7.08. The van der Waals surface area contributed by atoms with Gasteiger partial charge in [-0.2, -0.15) is 13.2 Å². The lowest BCUT2D eigenvalue weighted by atomic mass is 10.0. The SMILES string of the molecule is CN1C(Nc2cc([C@@H]3CCOC3)nc(C(F)(F)F)c2)=NC2(C)NC=C(O/C(=C/N)c3nccnc3Cl)C(Cl)=C12. The third-order valence-corrected chi connectivity index (χ3v) is 6.99. The van der Waals surface area contributed by atoms with E-state index in [9.17, 15) is 13.2 Å². The summed E-state index contributed by atoms with van der Waals surface area (Å²) in [7, 11) is 1.68. The average molecular weight is 583 g/mol. The van der Waals surface area contributed by atoms with Crippen LogP contribution in [0.15, 0.2) is 58.4 Å². The Morgan fingerprint density at radius 2 is 2.08 bits per heavy atom. The van der Waals surface area contributed by atoms with Crippen LogP contribution in [0.1, 0.15) is 36.3 Å². The van der Waals surface area contributed by atoms with Crippen LogP contribution in [0.2, 0.25) is 5.15 Å². The van der Waals surface area contributed by atoms with Gasteiger partial charge in [-0.05, 0) is 25.5 Å². The van der Waals surface area contributed by atoms with Gasteiger partial charge in [0.25, 0.3) is 0 Å². The van der Waals surface area contributed by atoms with E-state index in [2.05, 4.69) is 30.6 Å². The number of anilines is 1. The number of guanidine groups is 1. The van der Waals surface area contributed by atoms with E-state index < -0.39 is 17.5 Å². The summed E-state index contributed by atoms with van der Waals surface area (Å²) in [6, 6.07) is 2.52. The molecule has 1 fully saturated rings. The minimum Gasteiger partial charge on any atom is -0.450 e. The van der Waals surface area contributed by atoms with E-state index >= 15 is 0 Å². The third-order valence-electron chi connectivity index (χ3n) is 6.35. The number of hydrogen-bond donors (Lipinski definition) is 3. The Morgan fingerprint density at radius 1 is 1.31 bits per heavy atom. The second-order valence-corrected chi connectivity index (χ2v) is 9.80. The molecule has 0 amide bonds. The first-order valence-electron chi connectivity index (χ1n) is 11.7. The predicted molar refractivity (Wildman–Crippen MR) is 139 cm³/mol. The number of hydrogen-bond acceptors (Lipinski definition) is 10. The van der Waals surface area contributed by atoms with Crippen LogP contribution in [0.4, 0.5) is 18.9 Å². The number of allylic oxidation sites excluding steroid dienone is 1. The first-order valence-corrected chi connectivity index (χ1v) is 12.5. The molecule has 0 radical (unpaired) electrons. The highest BCUT2D eigenvalue weighted by atomic mass is 35.5. The molecule has 0 bridgehead atoms. The van der Waals surface area contributed by atoms with Crippen molar-refractivity contribution in [2.24, 2.45) is 10.7 Å². The Balaban J connectivity index is 1.43. The quantitative estimate of drug-likeness (QED) is 0.441. The first kappa shape index (κ1) is 27.0. The molecule has 3 aliphatic rings. The number of alkyl halides is 3. The molecule has 206 valence electrons. The molecule has 5 heterocycles. The fourth-order valence-electron chi connectivity index (χ4n) is 4.45. The lowest BCUT2D eigenvalue weighted by Gasteiger charge is -2.32. The Labute approximate surface area is 231 Å². The minimum absolute atomic E-state index is 0.0825. The summed E-state index contributed by atoms with van der Waals surface area (Å²) in [6.07, 6.45) is 1.50. The highest BCUT2D eigenvalue weighted by Crippen LogP contribution is 2.41. The number of pyridine rings is 1. The van der Waals surface area contributed by atoms with Crippen molar-refractivity contribution in [1.82, 2.24) is 25.2 Å². The second kappa shape index (κ2) is 10.2. The number of nitrogens with two attached hydrogens (primary N) is 1. The van der Waals surface area contributed by atoms with Gasteiger partial charge in [-0.3, -0.25) is 0 Å². The fraction of sp³-hybridized carbons (Fsp3) is 0.333. The van der Waals surface area contributed by atoms with Gasteiger partial charge >= 0.3 is 6.18 Å². The van der Waals surface area contributed by atoms with Gasteiger partial charge in [-0.15, -0.1) is 0 Å². The zero-order valence-electron chi connectivity index (χ0n) is 20.7. The van der Waals surface area contributed by atoms with Gasteiger partial charge in [0.1, 0.15) is 16.4 Å². The van der Waals surface area contributed by atoms with Crippen molar-refractivity contribution in [2.75, 3.05) is 25.6 Å². The maximum Gasteiger partial charge on any atom is 0.433 e. The molecule has 4 N–H and O–H groups in total. The number of aliphatic imine (C=N–C) groups is 1. The van der Waals surface area contributed by atoms with Crippen molar-refractivity contribution in [3.05, 3.63) is 75.6 Å². The smallest absolute Gasteiger partial charge is 0.433 e. The molecule has 1 saturated heterocycles. The average Bonchev–Trinajstić information content (AvgIpc) is 3.51. The molecule has 0 spiro atoms. The Morgan fingerprint density at radius 3 is 2.74 bits per heavy atom. The molecular formula is C24H23Cl2F3N8O2. The zero-order chi connectivity index (χ0) is 27.9. The van der Waals surface area contributed by atoms with Crippen molar-refractivity contribution in [3.63, 3.8) is 0 Å². The first-order chi connectivity index (χ1) is 18.5. The topological polar surface area (TPSA) is 123 Å². The maximum absolute atomic E-state index is 13.7. The van der Waals surface area contributed by atoms with Crippen LogP contribution < -0.4 is 16.4 Å². The van der Waals surface area contributed by atoms with Gasteiger partial charge in [0.2, 0.25) is 5.96 Å². The summed E-state index contributed by atoms with van der Waals surface area (Å²) in [6.45, 7) is 2.54. The number of nitrogens with one attached hydrogen (secondary N) is 2. The van der Waals surface area contributed by atoms with Gasteiger partial charge in [-0.1, -0.05) is 23.2 Å². The molecule has 2 aromatic rings. The fourth-order valence-corrected chi connectivity index (χ4v) is 5.05. The van der Waals surface area contributed by atoms with Crippen molar-refractivity contribution in [1.29, 1.82) is 0 Å². The number of likely N-dealkylation sites (N-methyl/N-ethyl adjacent to an activating group) is 1. The van der Waals surface area contributed by atoms with Crippen LogP contribution in [0.25, 0.3) is 5.76 Å². The van der Waals surface area contributed by atoms with E-state index in [-0.39, 0.29) is 45.0 Å². The summed E-state index contributed by atoms with van der Waals surface area (Å²) in [5.41, 5.74) is 4.88. The van der Waals surface area contributed by atoms with Crippen LogP contribution in [-0.2, 0) is 15.7 Å². The molecule has 1 unspecified atom stereocenters. The van der Waals surface area contributed by atoms with Crippen LogP contribution in [0.3, 0.4) is 0 Å². The summed E-state index contributed by atoms with van der Waals surface area (Å²) in [5, 5.41) is 6.40. The van der Waals surface area contributed by atoms with Crippen LogP contribution in [0, 0.1) is 0 Å². The van der Waals surface area contributed by atoms with Gasteiger partial charge in [-0.25, -0.2) is 19.9 Å². The largest absolute Gasteiger partial charge is 0.450 e. The molecule has 15 heteroatoms. The molecule has 5 rings (SSSR count). The zero-order valence-corrected chi connectivity index (χ0v) is 22.2. The molecular weight excluding hydrogens is 560 g/mol. The third kappa shape index (κ3) is 5.21. The van der Waals surface area contributed by atoms with Gasteiger partial charge in [0, 0.05) is 55.7 Å². The standard InChI is InChI=1S/C24H23Cl2F3N8O2/c1-23-20(18(25)16(10-33-23)39-15(9-30)19-21(26)32-5-4-31-19)37(2)22(36-23)34-13-7-14(12-3-6-38-11-12)35-17(8-13)24(27,28)29/h4-5,7-10,12,33H,3,6,11,30H2,1-2H3,(H,34,35,36)/b15-9+/t12-,23?/m1/s1. The summed E-state index contributed by atoms with van der Waals surface area (Å²) < 4.78 is 52.2. The molecule has 2 aromatic heterocycles. The molecule has 0 aromatic carbocycles. The number of rotatable bonds is 5. The van der Waals surface area contributed by atoms with E-state index in [0.29, 0.717) is 31.0 Å². The maximum atomic E-state index is 13.7. The van der Waals surface area contributed by atoms with Crippen LogP contribution >= 0.6 is 23.2 Å². The van der Waals surface area contributed by atoms with E-state index in [4.69, 9.17) is 38.4 Å². The normalized spacial score (nSPS) is 23.3. The van der Waals surface area contributed by atoms with E-state index in [1.807, 2.05) is 0 Å². The molecule has 0 aliphatic carbocycles. The van der Waals surface area contributed by atoms with E-state index in [1.165, 1.54) is 24.8 Å². The van der Waals surface area contributed by atoms with Crippen LogP contribution in [0.5, 0.6) is 0 Å². The van der Waals surface area contributed by atoms with Crippen molar-refractivity contribution in [3.8, 4) is 0 Å². The monoisotopic (exact) mass is 582 g/mol. The minimum atomic E-state index is -4.63. The molecule has 2 atom stereocenters. The van der Waals surface area contributed by atoms with Crippen LogP contribution in [-0.4, -0.2) is 51.7 Å². The molecule has 10 nitrogen and oxygen atoms in total. The lowest BCUT2D eigenvalue weighted by Crippen LogP contribution is -2.43. The number of fused-ring (bicyclic) bond motifs is 1.